The number of halogens is 1. The first-order valence-corrected chi connectivity index (χ1v) is 5.93. The van der Waals surface area contributed by atoms with Crippen molar-refractivity contribution < 1.29 is 4.74 Å². The number of aliphatic imine (C=N–C) groups is 1. The summed E-state index contributed by atoms with van der Waals surface area (Å²) >= 11 is 7.29. The Morgan fingerprint density at radius 3 is 2.88 bits per heavy atom. The van der Waals surface area contributed by atoms with Crippen molar-refractivity contribution in [2.45, 2.75) is 0 Å². The lowest BCUT2D eigenvalue weighted by atomic mass is 10.3. The number of methoxy groups -OCH3 is 1. The number of thioether (sulfide) groups is 1. The maximum Gasteiger partial charge on any atom is 0.183 e. The van der Waals surface area contributed by atoms with E-state index in [-0.39, 0.29) is 0 Å². The molecule has 84 valence electrons. The number of hydrogen-bond donors (Lipinski definition) is 1. The van der Waals surface area contributed by atoms with Gasteiger partial charge in [-0.1, -0.05) is 23.4 Å². The van der Waals surface area contributed by atoms with Crippen molar-refractivity contribution in [3.05, 3.63) is 23.2 Å². The van der Waals surface area contributed by atoms with Crippen LogP contribution in [0.25, 0.3) is 0 Å². The van der Waals surface area contributed by atoms with Gasteiger partial charge >= 0.3 is 0 Å². The van der Waals surface area contributed by atoms with Crippen molar-refractivity contribution in [2.24, 2.45) is 4.99 Å². The molecule has 0 bridgehead atoms. The fourth-order valence-electron chi connectivity index (χ4n) is 1.01. The first-order valence-electron chi connectivity index (χ1n) is 4.32. The van der Waals surface area contributed by atoms with E-state index in [1.54, 1.807) is 25.3 Å². The van der Waals surface area contributed by atoms with Gasteiger partial charge in [0.15, 0.2) is 11.4 Å². The lowest BCUT2D eigenvalue weighted by Gasteiger charge is -2.04. The zero-order valence-corrected chi connectivity index (χ0v) is 10.4. The second-order valence-corrected chi connectivity index (χ2v) is 3.88. The van der Waals surface area contributed by atoms with Crippen LogP contribution in [0.2, 0.25) is 5.02 Å². The smallest absolute Gasteiger partial charge is 0.183 e. The summed E-state index contributed by atoms with van der Waals surface area (Å²) in [4.78, 5) is 4.21. The highest BCUT2D eigenvalue weighted by Crippen LogP contribution is 2.28. The van der Waals surface area contributed by atoms with Crippen molar-refractivity contribution in [2.75, 3.05) is 13.4 Å². The molecule has 1 N–H and O–H groups in total. The van der Waals surface area contributed by atoms with Gasteiger partial charge in [0.25, 0.3) is 0 Å². The van der Waals surface area contributed by atoms with Crippen LogP contribution in [0.4, 0.5) is 5.69 Å². The standard InChI is InChI=1S/C10H10ClN3OS/c1-15-9-4-3-7(5-8(9)11)14-10(16-2)13-6-12/h3-5H,1-2H3,(H,13,14). The molecule has 0 saturated carbocycles. The third-order valence-electron chi connectivity index (χ3n) is 1.72. The SMILES string of the molecule is COc1ccc(N=C(NC#N)SC)cc1Cl. The van der Waals surface area contributed by atoms with Crippen molar-refractivity contribution in [1.29, 1.82) is 5.26 Å². The van der Waals surface area contributed by atoms with Crippen LogP contribution in [0, 0.1) is 11.5 Å². The molecule has 0 aromatic heterocycles. The van der Waals surface area contributed by atoms with E-state index in [9.17, 15) is 0 Å². The first-order chi connectivity index (χ1) is 7.71. The van der Waals surface area contributed by atoms with Gasteiger partial charge in [-0.25, -0.2) is 4.99 Å². The number of hydrogen-bond acceptors (Lipinski definition) is 4. The highest BCUT2D eigenvalue weighted by Gasteiger charge is 2.02. The van der Waals surface area contributed by atoms with E-state index in [0.29, 0.717) is 21.6 Å². The quantitative estimate of drug-likeness (QED) is 0.382. The molecule has 4 nitrogen and oxygen atoms in total. The lowest BCUT2D eigenvalue weighted by molar-refractivity contribution is 0.415. The molecule has 0 spiro atoms. The van der Waals surface area contributed by atoms with E-state index in [4.69, 9.17) is 21.6 Å². The van der Waals surface area contributed by atoms with E-state index in [0.717, 1.165) is 0 Å². The average molecular weight is 256 g/mol. The van der Waals surface area contributed by atoms with Gasteiger partial charge in [-0.05, 0) is 24.5 Å². The summed E-state index contributed by atoms with van der Waals surface area (Å²) in [5.74, 6) is 0.597. The molecule has 0 aliphatic carbocycles. The van der Waals surface area contributed by atoms with Gasteiger partial charge in [0.05, 0.1) is 17.8 Å². The molecular weight excluding hydrogens is 246 g/mol. The zero-order valence-electron chi connectivity index (χ0n) is 8.82. The van der Waals surface area contributed by atoms with E-state index >= 15 is 0 Å². The normalized spacial score (nSPS) is 10.8. The Labute approximate surface area is 103 Å². The monoisotopic (exact) mass is 255 g/mol. The van der Waals surface area contributed by atoms with Gasteiger partial charge in [-0.15, -0.1) is 0 Å². The second-order valence-electron chi connectivity index (χ2n) is 2.68. The predicted octanol–water partition coefficient (Wildman–Crippen LogP) is 2.77. The highest BCUT2D eigenvalue weighted by molar-refractivity contribution is 8.13. The molecule has 0 aliphatic heterocycles. The highest BCUT2D eigenvalue weighted by atomic mass is 35.5. The van der Waals surface area contributed by atoms with E-state index in [1.165, 1.54) is 11.8 Å². The summed E-state index contributed by atoms with van der Waals surface area (Å²) in [6.45, 7) is 0. The summed E-state index contributed by atoms with van der Waals surface area (Å²) in [6.07, 6.45) is 3.64. The molecule has 1 aromatic rings. The van der Waals surface area contributed by atoms with Gasteiger partial charge in [0.2, 0.25) is 0 Å². The molecule has 0 aliphatic rings. The predicted molar refractivity (Wildman–Crippen MR) is 67.4 cm³/mol. The van der Waals surface area contributed by atoms with Gasteiger partial charge in [0.1, 0.15) is 5.75 Å². The van der Waals surface area contributed by atoms with Crippen molar-refractivity contribution in [1.82, 2.24) is 5.32 Å². The molecule has 6 heteroatoms. The van der Waals surface area contributed by atoms with Crippen molar-refractivity contribution >= 4 is 34.2 Å². The maximum absolute atomic E-state index is 8.48. The molecule has 0 unspecified atom stereocenters. The minimum absolute atomic E-state index is 0.487. The Kier molecular flexibility index (Phi) is 4.96. The number of amidine groups is 1. The number of ether oxygens (including phenoxy) is 1. The molecule has 16 heavy (non-hydrogen) atoms. The number of rotatable bonds is 2. The molecule has 0 fully saturated rings. The second kappa shape index (κ2) is 6.26. The summed E-state index contributed by atoms with van der Waals surface area (Å²) < 4.78 is 5.03. The largest absolute Gasteiger partial charge is 0.495 e. The molecule has 1 rings (SSSR count). The van der Waals surface area contributed by atoms with Crippen LogP contribution in [0.5, 0.6) is 5.75 Å². The molecule has 0 atom stereocenters. The molecule has 0 radical (unpaired) electrons. The molecular formula is C10H10ClN3OS. The molecule has 0 amide bonds. The lowest BCUT2D eigenvalue weighted by Crippen LogP contribution is -2.12. The van der Waals surface area contributed by atoms with Gasteiger partial charge in [-0.2, -0.15) is 5.26 Å². The summed E-state index contributed by atoms with van der Waals surface area (Å²) in [5.41, 5.74) is 0.665. The minimum Gasteiger partial charge on any atom is -0.495 e. The van der Waals surface area contributed by atoms with Crippen LogP contribution in [-0.2, 0) is 0 Å². The topological polar surface area (TPSA) is 57.4 Å². The van der Waals surface area contributed by atoms with Crippen LogP contribution in [-0.4, -0.2) is 18.5 Å². The summed E-state index contributed by atoms with van der Waals surface area (Å²) in [5, 5.41) is 12.0. The Morgan fingerprint density at radius 2 is 2.38 bits per heavy atom. The first kappa shape index (κ1) is 12.7. The zero-order chi connectivity index (χ0) is 12.0. The van der Waals surface area contributed by atoms with Crippen LogP contribution in [0.3, 0.4) is 0 Å². The molecule has 1 aromatic carbocycles. The van der Waals surface area contributed by atoms with Crippen LogP contribution < -0.4 is 10.1 Å². The minimum atomic E-state index is 0.487. The van der Waals surface area contributed by atoms with Crippen molar-refractivity contribution in [3.8, 4) is 11.9 Å². The van der Waals surface area contributed by atoms with Gasteiger partial charge < -0.3 is 4.74 Å². The van der Waals surface area contributed by atoms with E-state index in [2.05, 4.69) is 10.3 Å². The number of nitriles is 1. The summed E-state index contributed by atoms with van der Waals surface area (Å²) in [7, 11) is 1.55. The van der Waals surface area contributed by atoms with Crippen molar-refractivity contribution in [3.63, 3.8) is 0 Å². The number of nitrogens with zero attached hydrogens (tertiary/aromatic N) is 2. The molecule has 0 heterocycles. The Balaban J connectivity index is 2.97. The average Bonchev–Trinajstić information content (AvgIpc) is 2.28. The van der Waals surface area contributed by atoms with Crippen LogP contribution >= 0.6 is 23.4 Å². The van der Waals surface area contributed by atoms with Crippen LogP contribution in [0.1, 0.15) is 0 Å². The van der Waals surface area contributed by atoms with Gasteiger partial charge in [0, 0.05) is 0 Å². The maximum atomic E-state index is 8.48. The molecule has 0 saturated heterocycles. The number of nitrogens with one attached hydrogen (secondary N) is 1. The number of benzene rings is 1. The van der Waals surface area contributed by atoms with E-state index < -0.39 is 0 Å². The summed E-state index contributed by atoms with van der Waals surface area (Å²) in [6, 6.07) is 5.17. The fourth-order valence-corrected chi connectivity index (χ4v) is 1.61. The van der Waals surface area contributed by atoms with Gasteiger partial charge in [-0.3, -0.25) is 5.32 Å². The third kappa shape index (κ3) is 3.33. The van der Waals surface area contributed by atoms with Crippen LogP contribution in [0.15, 0.2) is 23.2 Å². The Hall–Kier alpha value is -1.38. The van der Waals surface area contributed by atoms with E-state index in [1.807, 2.05) is 12.4 Å². The fraction of sp³-hybridized carbons (Fsp3) is 0.200. The Bertz CT molecular complexity index is 442. The Morgan fingerprint density at radius 1 is 1.62 bits per heavy atom. The third-order valence-corrected chi connectivity index (χ3v) is 2.60.